The molecule has 5 aliphatic rings. The van der Waals surface area contributed by atoms with Crippen molar-refractivity contribution in [3.05, 3.63) is 11.6 Å². The fourth-order valence-corrected chi connectivity index (χ4v) is 10.9. The number of hydrogen-bond acceptors (Lipinski definition) is 6. The molecule has 12 atom stereocenters. The number of allylic oxidation sites excluding steroid dienone is 2. The second-order valence-electron chi connectivity index (χ2n) is 15.2. The van der Waals surface area contributed by atoms with Gasteiger partial charge in [-0.3, -0.25) is 4.79 Å². The van der Waals surface area contributed by atoms with Gasteiger partial charge in [0, 0.05) is 5.41 Å². The second-order valence-corrected chi connectivity index (χ2v) is 15.2. The Kier molecular flexibility index (Phi) is 5.98. The summed E-state index contributed by atoms with van der Waals surface area (Å²) in [5.41, 5.74) is -2.56. The van der Waals surface area contributed by atoms with E-state index in [0.717, 1.165) is 24.8 Å². The van der Waals surface area contributed by atoms with Gasteiger partial charge in [0.1, 0.15) is 5.41 Å². The Bertz CT molecular complexity index is 1010. The first-order chi connectivity index (χ1) is 17.0. The second kappa shape index (κ2) is 8.03. The van der Waals surface area contributed by atoms with E-state index in [1.165, 1.54) is 0 Å². The predicted molar refractivity (Wildman–Crippen MR) is 138 cm³/mol. The minimum Gasteiger partial charge on any atom is -0.481 e. The number of carboxylic acid groups (broad SMARTS) is 1. The zero-order valence-corrected chi connectivity index (χ0v) is 23.4. The maximum absolute atomic E-state index is 12.9. The van der Waals surface area contributed by atoms with Crippen LogP contribution in [0, 0.1) is 50.2 Å². The summed E-state index contributed by atoms with van der Waals surface area (Å²) in [7, 11) is 0. The molecule has 6 N–H and O–H groups in total. The van der Waals surface area contributed by atoms with Gasteiger partial charge in [-0.05, 0) is 84.4 Å². The molecular weight excluding hydrogens is 472 g/mol. The Morgan fingerprint density at radius 3 is 2.16 bits per heavy atom. The number of aliphatic carboxylic acids is 1. The molecule has 0 amide bonds. The van der Waals surface area contributed by atoms with E-state index in [0.29, 0.717) is 19.3 Å². The molecule has 4 fully saturated rings. The molecule has 0 radical (unpaired) electrons. The third-order valence-electron chi connectivity index (χ3n) is 13.4. The van der Waals surface area contributed by atoms with E-state index in [2.05, 4.69) is 26.8 Å². The van der Waals surface area contributed by atoms with Gasteiger partial charge in [0.05, 0.1) is 31.0 Å². The van der Waals surface area contributed by atoms with Crippen molar-refractivity contribution in [3.8, 4) is 0 Å². The topological polar surface area (TPSA) is 138 Å². The minimum absolute atomic E-state index is 0.0374. The normalized spacial score (nSPS) is 56.7. The predicted octanol–water partition coefficient (Wildman–Crippen LogP) is 3.12. The van der Waals surface area contributed by atoms with Gasteiger partial charge in [0.15, 0.2) is 0 Å². The standard InChI is InChI=1S/C30H48O7/c1-25(2)11-17-16-7-8-20-26(3)12-18(32)23(35)27(4,15-31)19(26)9-10-28(20,5)29(16,6)13-22(34)30(17,24(36)37)14-21(25)33/h7,17-23,31-35H,8-15H2,1-6H3,(H,36,37). The maximum Gasteiger partial charge on any atom is 0.312 e. The van der Waals surface area contributed by atoms with Crippen molar-refractivity contribution in [2.24, 2.45) is 50.2 Å². The number of hydrogen-bond donors (Lipinski definition) is 6. The van der Waals surface area contributed by atoms with Crippen molar-refractivity contribution in [3.63, 3.8) is 0 Å². The van der Waals surface area contributed by atoms with E-state index in [-0.39, 0.29) is 41.6 Å². The van der Waals surface area contributed by atoms with Crippen LogP contribution in [0.5, 0.6) is 0 Å². The fourth-order valence-electron chi connectivity index (χ4n) is 10.9. The van der Waals surface area contributed by atoms with Gasteiger partial charge in [0.2, 0.25) is 0 Å². The molecule has 4 saturated carbocycles. The highest BCUT2D eigenvalue weighted by Crippen LogP contribution is 2.75. The van der Waals surface area contributed by atoms with Gasteiger partial charge in [-0.15, -0.1) is 0 Å². The van der Waals surface area contributed by atoms with Crippen LogP contribution in [0.1, 0.15) is 86.5 Å². The molecule has 0 aromatic rings. The van der Waals surface area contributed by atoms with Gasteiger partial charge in [-0.2, -0.15) is 0 Å². The molecule has 5 aliphatic carbocycles. The average molecular weight is 521 g/mol. The minimum atomic E-state index is -1.40. The lowest BCUT2D eigenvalue weighted by molar-refractivity contribution is -0.250. The zero-order valence-electron chi connectivity index (χ0n) is 23.4. The van der Waals surface area contributed by atoms with Crippen LogP contribution < -0.4 is 0 Å². The van der Waals surface area contributed by atoms with Gasteiger partial charge in [-0.1, -0.05) is 53.2 Å². The monoisotopic (exact) mass is 520 g/mol. The number of rotatable bonds is 2. The number of aliphatic hydroxyl groups excluding tert-OH is 5. The summed E-state index contributed by atoms with van der Waals surface area (Å²) >= 11 is 0. The van der Waals surface area contributed by atoms with Crippen LogP contribution in [0.25, 0.3) is 0 Å². The van der Waals surface area contributed by atoms with E-state index in [4.69, 9.17) is 0 Å². The quantitative estimate of drug-likeness (QED) is 0.308. The van der Waals surface area contributed by atoms with E-state index in [9.17, 15) is 35.4 Å². The Morgan fingerprint density at radius 1 is 0.919 bits per heavy atom. The molecule has 210 valence electrons. The van der Waals surface area contributed by atoms with Crippen LogP contribution in [0.15, 0.2) is 11.6 Å². The van der Waals surface area contributed by atoms with Crippen molar-refractivity contribution < 1.29 is 35.4 Å². The molecule has 0 saturated heterocycles. The summed E-state index contributed by atoms with van der Waals surface area (Å²) in [4.78, 5) is 12.9. The Balaban J connectivity index is 1.64. The first-order valence-corrected chi connectivity index (χ1v) is 14.2. The third-order valence-corrected chi connectivity index (χ3v) is 13.4. The molecule has 0 spiro atoms. The molecule has 0 bridgehead atoms. The molecule has 7 heteroatoms. The average Bonchev–Trinajstić information content (AvgIpc) is 2.79. The SMILES string of the molecule is CC1(C)CC2C3=CCC4C5(C)CC(O)C(O)C(C)(CO)C5CCC4(C)C3(C)CC(O)C2(C(=O)O)CC1O. The van der Waals surface area contributed by atoms with Crippen LogP contribution in [-0.2, 0) is 4.79 Å². The van der Waals surface area contributed by atoms with Crippen LogP contribution in [0.4, 0.5) is 0 Å². The van der Waals surface area contributed by atoms with E-state index in [1.54, 1.807) is 0 Å². The lowest BCUT2D eigenvalue weighted by Crippen LogP contribution is -2.70. The molecule has 37 heavy (non-hydrogen) atoms. The van der Waals surface area contributed by atoms with Gasteiger partial charge >= 0.3 is 5.97 Å². The summed E-state index contributed by atoms with van der Waals surface area (Å²) in [6, 6.07) is 0. The molecule has 5 rings (SSSR count). The summed E-state index contributed by atoms with van der Waals surface area (Å²) in [5, 5.41) is 65.5. The number of fused-ring (bicyclic) bond motifs is 7. The first kappa shape index (κ1) is 27.6. The van der Waals surface area contributed by atoms with Crippen molar-refractivity contribution in [1.82, 2.24) is 0 Å². The molecule has 7 nitrogen and oxygen atoms in total. The lowest BCUT2D eigenvalue weighted by Gasteiger charge is -2.72. The van der Waals surface area contributed by atoms with Crippen LogP contribution >= 0.6 is 0 Å². The highest BCUT2D eigenvalue weighted by atomic mass is 16.4. The van der Waals surface area contributed by atoms with Gasteiger partial charge in [0.25, 0.3) is 0 Å². The summed E-state index contributed by atoms with van der Waals surface area (Å²) in [6.07, 6.45) is 2.18. The molecule has 12 unspecified atom stereocenters. The third kappa shape index (κ3) is 3.15. The summed E-state index contributed by atoms with van der Waals surface area (Å²) in [6.45, 7) is 12.4. The molecule has 0 aromatic carbocycles. The highest BCUT2D eigenvalue weighted by molar-refractivity contribution is 5.78. The lowest BCUT2D eigenvalue weighted by atomic mass is 9.33. The van der Waals surface area contributed by atoms with Crippen LogP contribution in [-0.4, -0.2) is 67.6 Å². The Hall–Kier alpha value is -0.990. The van der Waals surface area contributed by atoms with E-state index >= 15 is 0 Å². The highest BCUT2D eigenvalue weighted by Gasteiger charge is 2.72. The number of aliphatic hydroxyl groups is 5. The van der Waals surface area contributed by atoms with Crippen molar-refractivity contribution in [2.75, 3.05) is 6.61 Å². The largest absolute Gasteiger partial charge is 0.481 e. The van der Waals surface area contributed by atoms with Crippen LogP contribution in [0.3, 0.4) is 0 Å². The van der Waals surface area contributed by atoms with E-state index < -0.39 is 52.0 Å². The van der Waals surface area contributed by atoms with Crippen LogP contribution in [0.2, 0.25) is 0 Å². The van der Waals surface area contributed by atoms with E-state index in [1.807, 2.05) is 20.8 Å². The first-order valence-electron chi connectivity index (χ1n) is 14.2. The maximum atomic E-state index is 12.9. The molecular formula is C30H48O7. The van der Waals surface area contributed by atoms with Crippen molar-refractivity contribution in [1.29, 1.82) is 0 Å². The summed E-state index contributed by atoms with van der Waals surface area (Å²) < 4.78 is 0. The fraction of sp³-hybridized carbons (Fsp3) is 0.900. The van der Waals surface area contributed by atoms with Gasteiger partial charge < -0.3 is 30.6 Å². The number of carboxylic acids is 1. The smallest absolute Gasteiger partial charge is 0.312 e. The Labute approximate surface area is 221 Å². The summed E-state index contributed by atoms with van der Waals surface area (Å²) in [5.74, 6) is -1.20. The molecule has 0 aromatic heterocycles. The number of carbonyl (C=O) groups is 1. The zero-order chi connectivity index (χ0) is 27.6. The van der Waals surface area contributed by atoms with Gasteiger partial charge in [-0.25, -0.2) is 0 Å². The molecule has 0 heterocycles. The molecule has 0 aliphatic heterocycles. The van der Waals surface area contributed by atoms with Crippen molar-refractivity contribution >= 4 is 5.97 Å². The Morgan fingerprint density at radius 2 is 1.57 bits per heavy atom. The van der Waals surface area contributed by atoms with Crippen molar-refractivity contribution in [2.45, 2.75) is 111 Å².